The van der Waals surface area contributed by atoms with E-state index in [2.05, 4.69) is 5.16 Å². The molecular formula is C12H15N3O4. The quantitative estimate of drug-likeness (QED) is 0.361. The Kier molecular flexibility index (Phi) is 3.46. The van der Waals surface area contributed by atoms with Gasteiger partial charge in [0.15, 0.2) is 17.3 Å². The molecule has 102 valence electrons. The summed E-state index contributed by atoms with van der Waals surface area (Å²) < 4.78 is 10.4. The normalized spacial score (nSPS) is 15.2. The maximum atomic E-state index is 12.2. The van der Waals surface area contributed by atoms with Gasteiger partial charge in [-0.25, -0.2) is 0 Å². The van der Waals surface area contributed by atoms with Crippen molar-refractivity contribution in [2.24, 2.45) is 10.9 Å². The van der Waals surface area contributed by atoms with E-state index in [1.54, 1.807) is 32.2 Å². The number of likely N-dealkylation sites (N-methyl/N-ethyl adjacent to an activating group) is 1. The molecule has 1 unspecified atom stereocenters. The first-order valence-corrected chi connectivity index (χ1v) is 5.69. The molecule has 1 aliphatic rings. The van der Waals surface area contributed by atoms with Crippen molar-refractivity contribution in [1.29, 1.82) is 0 Å². The minimum atomic E-state index is -0.511. The first-order chi connectivity index (χ1) is 9.04. The largest absolute Gasteiger partial charge is 0.454 e. The highest BCUT2D eigenvalue weighted by Gasteiger charge is 2.23. The molecule has 3 N–H and O–H groups in total. The summed E-state index contributed by atoms with van der Waals surface area (Å²) in [6.45, 7) is 1.82. The van der Waals surface area contributed by atoms with E-state index >= 15 is 0 Å². The molecule has 1 atom stereocenters. The summed E-state index contributed by atoms with van der Waals surface area (Å²) in [5.41, 5.74) is 5.93. The fourth-order valence-corrected chi connectivity index (χ4v) is 1.69. The molecule has 1 aromatic rings. The highest BCUT2D eigenvalue weighted by Crippen LogP contribution is 2.32. The fraction of sp³-hybridized carbons (Fsp3) is 0.333. The molecule has 0 saturated heterocycles. The van der Waals surface area contributed by atoms with Crippen LogP contribution in [0, 0.1) is 0 Å². The van der Waals surface area contributed by atoms with Crippen molar-refractivity contribution in [1.82, 2.24) is 4.90 Å². The van der Waals surface area contributed by atoms with Crippen LogP contribution in [0.1, 0.15) is 17.3 Å². The molecule has 1 amide bonds. The number of ether oxygens (including phenoxy) is 2. The Morgan fingerprint density at radius 1 is 1.47 bits per heavy atom. The number of carbonyl (C=O) groups excluding carboxylic acids is 1. The number of nitrogens with zero attached hydrogens (tertiary/aromatic N) is 2. The standard InChI is InChI=1S/C12H15N3O4/c1-7(11(13)14-17)15(2)12(16)8-3-4-9-10(5-8)19-6-18-9/h3-5,7,17H,6H2,1-2H3,(H2,13,14). The Bertz CT molecular complexity index is 530. The Hall–Kier alpha value is -2.44. The van der Waals surface area contributed by atoms with Crippen LogP contribution in [0.3, 0.4) is 0 Å². The molecule has 0 spiro atoms. The van der Waals surface area contributed by atoms with Crippen LogP contribution in [-0.4, -0.2) is 41.7 Å². The van der Waals surface area contributed by atoms with E-state index in [9.17, 15) is 4.79 Å². The number of hydrogen-bond acceptors (Lipinski definition) is 5. The molecular weight excluding hydrogens is 250 g/mol. The second-order valence-electron chi connectivity index (χ2n) is 4.18. The Labute approximate surface area is 110 Å². The number of oxime groups is 1. The molecule has 0 aromatic heterocycles. The van der Waals surface area contributed by atoms with Gasteiger partial charge >= 0.3 is 0 Å². The fourth-order valence-electron chi connectivity index (χ4n) is 1.69. The zero-order valence-corrected chi connectivity index (χ0v) is 10.7. The lowest BCUT2D eigenvalue weighted by molar-refractivity contribution is 0.0776. The number of benzene rings is 1. The second-order valence-corrected chi connectivity index (χ2v) is 4.18. The Morgan fingerprint density at radius 3 is 2.84 bits per heavy atom. The zero-order valence-electron chi connectivity index (χ0n) is 10.7. The number of rotatable bonds is 3. The Morgan fingerprint density at radius 2 is 2.16 bits per heavy atom. The van der Waals surface area contributed by atoms with Gasteiger partial charge in [0.1, 0.15) is 0 Å². The summed E-state index contributed by atoms with van der Waals surface area (Å²) in [5, 5.41) is 11.5. The van der Waals surface area contributed by atoms with Gasteiger partial charge in [0, 0.05) is 12.6 Å². The summed E-state index contributed by atoms with van der Waals surface area (Å²) >= 11 is 0. The van der Waals surface area contributed by atoms with Crippen LogP contribution in [0.2, 0.25) is 0 Å². The predicted molar refractivity (Wildman–Crippen MR) is 67.5 cm³/mol. The number of fused-ring (bicyclic) bond motifs is 1. The van der Waals surface area contributed by atoms with Crippen molar-refractivity contribution in [2.75, 3.05) is 13.8 Å². The predicted octanol–water partition coefficient (Wildman–Crippen LogP) is 0.622. The third-order valence-corrected chi connectivity index (χ3v) is 3.06. The first kappa shape index (κ1) is 13.0. The minimum Gasteiger partial charge on any atom is -0.454 e. The third kappa shape index (κ3) is 2.40. The third-order valence-electron chi connectivity index (χ3n) is 3.06. The van der Waals surface area contributed by atoms with Gasteiger partial charge in [-0.15, -0.1) is 0 Å². The van der Waals surface area contributed by atoms with Crippen molar-refractivity contribution < 1.29 is 19.5 Å². The van der Waals surface area contributed by atoms with Crippen molar-refractivity contribution in [3.8, 4) is 11.5 Å². The molecule has 0 fully saturated rings. The molecule has 0 saturated carbocycles. The molecule has 0 aliphatic carbocycles. The van der Waals surface area contributed by atoms with Gasteiger partial charge in [-0.2, -0.15) is 0 Å². The van der Waals surface area contributed by atoms with Gasteiger partial charge in [-0.1, -0.05) is 5.16 Å². The van der Waals surface area contributed by atoms with Crippen molar-refractivity contribution >= 4 is 11.7 Å². The molecule has 1 heterocycles. The zero-order chi connectivity index (χ0) is 14.0. The highest BCUT2D eigenvalue weighted by molar-refractivity contribution is 5.98. The van der Waals surface area contributed by atoms with Crippen molar-refractivity contribution in [3.63, 3.8) is 0 Å². The van der Waals surface area contributed by atoms with Gasteiger partial charge in [0.05, 0.1) is 6.04 Å². The number of amidine groups is 1. The van der Waals surface area contributed by atoms with Crippen LogP contribution in [0.4, 0.5) is 0 Å². The molecule has 7 heteroatoms. The van der Waals surface area contributed by atoms with E-state index < -0.39 is 6.04 Å². The summed E-state index contributed by atoms with van der Waals surface area (Å²) in [7, 11) is 1.58. The van der Waals surface area contributed by atoms with Gasteiger partial charge in [0.2, 0.25) is 6.79 Å². The lowest BCUT2D eigenvalue weighted by Crippen LogP contribution is -2.43. The highest BCUT2D eigenvalue weighted by atomic mass is 16.7. The molecule has 7 nitrogen and oxygen atoms in total. The molecule has 19 heavy (non-hydrogen) atoms. The number of carbonyl (C=O) groups is 1. The van der Waals surface area contributed by atoms with Crippen LogP contribution >= 0.6 is 0 Å². The molecule has 1 aromatic carbocycles. The van der Waals surface area contributed by atoms with Gasteiger partial charge in [-0.05, 0) is 25.1 Å². The Balaban J connectivity index is 2.20. The topological polar surface area (TPSA) is 97.4 Å². The van der Waals surface area contributed by atoms with E-state index in [0.29, 0.717) is 17.1 Å². The monoisotopic (exact) mass is 265 g/mol. The average Bonchev–Trinajstić information content (AvgIpc) is 2.91. The summed E-state index contributed by atoms with van der Waals surface area (Å²) in [5.74, 6) is 0.869. The van der Waals surface area contributed by atoms with Crippen LogP contribution in [0.5, 0.6) is 11.5 Å². The van der Waals surface area contributed by atoms with Crippen molar-refractivity contribution in [2.45, 2.75) is 13.0 Å². The van der Waals surface area contributed by atoms with Gasteiger partial charge in [0.25, 0.3) is 5.91 Å². The number of nitrogens with two attached hydrogens (primary N) is 1. The molecule has 0 radical (unpaired) electrons. The average molecular weight is 265 g/mol. The van der Waals surface area contributed by atoms with Crippen molar-refractivity contribution in [3.05, 3.63) is 23.8 Å². The lowest BCUT2D eigenvalue weighted by Gasteiger charge is -2.23. The number of hydrogen-bond donors (Lipinski definition) is 2. The van der Waals surface area contributed by atoms with Crippen LogP contribution in [0.25, 0.3) is 0 Å². The minimum absolute atomic E-state index is 0.0309. The smallest absolute Gasteiger partial charge is 0.254 e. The van der Waals surface area contributed by atoms with E-state index in [4.69, 9.17) is 20.4 Å². The van der Waals surface area contributed by atoms with Crippen LogP contribution < -0.4 is 15.2 Å². The van der Waals surface area contributed by atoms with Crippen LogP contribution in [-0.2, 0) is 0 Å². The maximum absolute atomic E-state index is 12.2. The molecule has 2 rings (SSSR count). The van der Waals surface area contributed by atoms with Crippen LogP contribution in [0.15, 0.2) is 23.4 Å². The SMILES string of the molecule is CC(C(N)=NO)N(C)C(=O)c1ccc2c(c1)OCO2. The van der Waals surface area contributed by atoms with E-state index in [0.717, 1.165) is 0 Å². The summed E-state index contributed by atoms with van der Waals surface area (Å²) in [4.78, 5) is 13.6. The van der Waals surface area contributed by atoms with Gasteiger partial charge < -0.3 is 25.3 Å². The first-order valence-electron chi connectivity index (χ1n) is 5.69. The summed E-state index contributed by atoms with van der Waals surface area (Å²) in [6, 6.07) is 4.42. The maximum Gasteiger partial charge on any atom is 0.254 e. The van der Waals surface area contributed by atoms with E-state index in [-0.39, 0.29) is 18.5 Å². The van der Waals surface area contributed by atoms with E-state index in [1.165, 1.54) is 4.90 Å². The lowest BCUT2D eigenvalue weighted by atomic mass is 10.1. The second kappa shape index (κ2) is 5.05. The molecule has 1 aliphatic heterocycles. The van der Waals surface area contributed by atoms with E-state index in [1.807, 2.05) is 0 Å². The number of amides is 1. The molecule has 0 bridgehead atoms. The van der Waals surface area contributed by atoms with Gasteiger partial charge in [-0.3, -0.25) is 4.79 Å². The summed E-state index contributed by atoms with van der Waals surface area (Å²) in [6.07, 6.45) is 0.